The number of hydrogen-bond acceptors (Lipinski definition) is 5. The highest BCUT2D eigenvalue weighted by atomic mass is 32.1. The Kier molecular flexibility index (Phi) is 6.08. The van der Waals surface area contributed by atoms with Crippen molar-refractivity contribution in [3.63, 3.8) is 0 Å². The Morgan fingerprint density at radius 3 is 2.74 bits per heavy atom. The number of fused-ring (bicyclic) bond motifs is 2. The van der Waals surface area contributed by atoms with Crippen LogP contribution in [0.25, 0.3) is 15.8 Å². The van der Waals surface area contributed by atoms with E-state index < -0.39 is 0 Å². The van der Waals surface area contributed by atoms with Gasteiger partial charge in [0, 0.05) is 35.1 Å². The summed E-state index contributed by atoms with van der Waals surface area (Å²) in [6.07, 6.45) is 0.860. The molecule has 0 aliphatic carbocycles. The van der Waals surface area contributed by atoms with E-state index in [1.165, 1.54) is 10.1 Å². The molecule has 4 nitrogen and oxygen atoms in total. The van der Waals surface area contributed by atoms with Crippen LogP contribution in [0.2, 0.25) is 0 Å². The highest BCUT2D eigenvalue weighted by Gasteiger charge is 2.33. The summed E-state index contributed by atoms with van der Waals surface area (Å²) < 4.78 is 7.47. The van der Waals surface area contributed by atoms with Crippen molar-refractivity contribution in [3.05, 3.63) is 76.8 Å². The maximum absolute atomic E-state index is 12.4. The van der Waals surface area contributed by atoms with Gasteiger partial charge in [0.2, 0.25) is 0 Å². The van der Waals surface area contributed by atoms with Crippen molar-refractivity contribution < 1.29 is 15.8 Å². The lowest BCUT2D eigenvalue weighted by molar-refractivity contribution is -0.122. The summed E-state index contributed by atoms with van der Waals surface area (Å²) in [4.78, 5) is 27.1. The van der Waals surface area contributed by atoms with E-state index in [-0.39, 0.29) is 19.0 Å². The first-order valence-electron chi connectivity index (χ1n) is 10.4. The normalized spacial score (nSPS) is 13.7. The fourth-order valence-electron chi connectivity index (χ4n) is 4.13. The predicted molar refractivity (Wildman–Crippen MR) is 127 cm³/mol. The Labute approximate surface area is 187 Å². The van der Waals surface area contributed by atoms with Crippen molar-refractivity contribution in [1.29, 1.82) is 0 Å². The molecule has 1 atom stereocenters. The van der Waals surface area contributed by atoms with Gasteiger partial charge < -0.3 is 14.4 Å². The molecule has 1 aliphatic rings. The van der Waals surface area contributed by atoms with Crippen molar-refractivity contribution in [3.8, 4) is 5.75 Å². The van der Waals surface area contributed by atoms with E-state index in [0.717, 1.165) is 27.5 Å². The highest BCUT2D eigenvalue weighted by Crippen LogP contribution is 2.40. The molecule has 0 N–H and O–H groups in total. The van der Waals surface area contributed by atoms with Crippen molar-refractivity contribution in [2.45, 2.75) is 45.9 Å². The standard InChI is InChI=1S/C26H25NO3S.H2/c1-4-23-21-9-7-10-25(30-16-20-14-19-8-5-6-11-26(19)31-20)22(21)15-27(23)24(18(3)29)13-12-17(2)28;/h5-11,14,24H,1,12-13,15-16H2,2-3H3;1H. The monoisotopic (exact) mass is 433 g/mol. The number of benzene rings is 2. The third kappa shape index (κ3) is 4.34. The van der Waals surface area contributed by atoms with Crippen LogP contribution < -0.4 is 4.74 Å². The van der Waals surface area contributed by atoms with Crippen LogP contribution in [0.4, 0.5) is 0 Å². The molecule has 0 saturated carbocycles. The van der Waals surface area contributed by atoms with E-state index >= 15 is 0 Å². The average molecular weight is 434 g/mol. The lowest BCUT2D eigenvalue weighted by Crippen LogP contribution is -2.36. The van der Waals surface area contributed by atoms with Gasteiger partial charge in [0.25, 0.3) is 0 Å². The number of hydrogen-bond donors (Lipinski definition) is 0. The Hall–Kier alpha value is -3.14. The van der Waals surface area contributed by atoms with E-state index in [1.54, 1.807) is 25.2 Å². The van der Waals surface area contributed by atoms with Gasteiger partial charge in [0.15, 0.2) is 5.78 Å². The second-order valence-corrected chi connectivity index (χ2v) is 9.01. The van der Waals surface area contributed by atoms with Gasteiger partial charge in [0.05, 0.1) is 11.7 Å². The van der Waals surface area contributed by atoms with Gasteiger partial charge in [-0.25, -0.2) is 0 Å². The summed E-state index contributed by atoms with van der Waals surface area (Å²) >= 11 is 1.73. The van der Waals surface area contributed by atoms with Gasteiger partial charge in [-0.05, 0) is 43.9 Å². The molecule has 160 valence electrons. The van der Waals surface area contributed by atoms with Crippen LogP contribution in [-0.4, -0.2) is 22.5 Å². The number of rotatable bonds is 8. The molecule has 4 rings (SSSR count). The second kappa shape index (κ2) is 8.93. The predicted octanol–water partition coefficient (Wildman–Crippen LogP) is 5.99. The molecule has 1 aliphatic heterocycles. The van der Waals surface area contributed by atoms with Gasteiger partial charge >= 0.3 is 0 Å². The summed E-state index contributed by atoms with van der Waals surface area (Å²) in [6.45, 7) is 8.02. The first-order valence-corrected chi connectivity index (χ1v) is 11.2. The molecule has 0 spiro atoms. The van der Waals surface area contributed by atoms with Crippen LogP contribution in [0.3, 0.4) is 0 Å². The van der Waals surface area contributed by atoms with E-state index in [4.69, 9.17) is 4.74 Å². The third-order valence-corrected chi connectivity index (χ3v) is 6.72. The van der Waals surface area contributed by atoms with Crippen LogP contribution in [0, 0.1) is 0 Å². The lowest BCUT2D eigenvalue weighted by Gasteiger charge is -2.28. The number of ether oxygens (including phenoxy) is 1. The Balaban J connectivity index is 0.00000289. The smallest absolute Gasteiger partial charge is 0.152 e. The number of nitrogens with zero attached hydrogens (tertiary/aromatic N) is 1. The first kappa shape index (κ1) is 21.1. The van der Waals surface area contributed by atoms with Gasteiger partial charge in [-0.3, -0.25) is 4.79 Å². The topological polar surface area (TPSA) is 46.6 Å². The SMILES string of the molecule is C=C=C1c2cccc(OCc3cc4ccccc4s3)c2CN1C(CCC(C)=O)C(C)=O.[HH]. The Morgan fingerprint density at radius 2 is 2.03 bits per heavy atom. The maximum atomic E-state index is 12.4. The second-order valence-electron chi connectivity index (χ2n) is 7.84. The van der Waals surface area contributed by atoms with E-state index in [9.17, 15) is 9.59 Å². The fourth-order valence-corrected chi connectivity index (χ4v) is 5.11. The Morgan fingerprint density at radius 1 is 1.23 bits per heavy atom. The van der Waals surface area contributed by atoms with Crippen LogP contribution >= 0.6 is 11.3 Å². The van der Waals surface area contributed by atoms with Crippen LogP contribution in [0.15, 0.2) is 60.8 Å². The quantitative estimate of drug-likeness (QED) is 0.409. The molecule has 0 fully saturated rings. The number of ketones is 2. The minimum absolute atomic E-state index is 0. The zero-order chi connectivity index (χ0) is 22.0. The molecule has 2 heterocycles. The van der Waals surface area contributed by atoms with Crippen LogP contribution in [-0.2, 0) is 22.7 Å². The minimum atomic E-state index is -0.379. The van der Waals surface area contributed by atoms with Gasteiger partial charge in [-0.1, -0.05) is 36.9 Å². The molecule has 1 unspecified atom stereocenters. The van der Waals surface area contributed by atoms with Crippen molar-refractivity contribution in [2.24, 2.45) is 0 Å². The van der Waals surface area contributed by atoms with Gasteiger partial charge in [-0.2, -0.15) is 0 Å². The molecule has 0 saturated heterocycles. The molecular weight excluding hydrogens is 406 g/mol. The third-order valence-electron chi connectivity index (χ3n) is 5.63. The number of thiophene rings is 1. The average Bonchev–Trinajstić information content (AvgIpc) is 3.32. The summed E-state index contributed by atoms with van der Waals surface area (Å²) in [7, 11) is 0. The van der Waals surface area contributed by atoms with Crippen molar-refractivity contribution in [1.82, 2.24) is 4.90 Å². The van der Waals surface area contributed by atoms with Gasteiger partial charge in [0.1, 0.15) is 18.1 Å². The number of carbonyl (C=O) groups excluding carboxylic acids is 2. The summed E-state index contributed by atoms with van der Waals surface area (Å²) in [6, 6.07) is 16.0. The Bertz CT molecular complexity index is 1180. The lowest BCUT2D eigenvalue weighted by atomic mass is 10.0. The first-order chi connectivity index (χ1) is 15.0. The molecule has 2 aromatic carbocycles. The molecule has 0 radical (unpaired) electrons. The highest BCUT2D eigenvalue weighted by molar-refractivity contribution is 7.19. The summed E-state index contributed by atoms with van der Waals surface area (Å²) in [5.74, 6) is 0.924. The molecule has 31 heavy (non-hydrogen) atoms. The molecule has 0 bridgehead atoms. The van der Waals surface area contributed by atoms with Crippen LogP contribution in [0.5, 0.6) is 5.75 Å². The number of Topliss-reactive ketones (excluding diaryl/α,β-unsaturated/α-hetero) is 2. The van der Waals surface area contributed by atoms with Crippen molar-refractivity contribution in [2.75, 3.05) is 0 Å². The van der Waals surface area contributed by atoms with Crippen LogP contribution in [0.1, 0.15) is 44.1 Å². The van der Waals surface area contributed by atoms with E-state index in [1.807, 2.05) is 35.2 Å². The molecule has 1 aromatic heterocycles. The summed E-state index contributed by atoms with van der Waals surface area (Å²) in [5, 5.41) is 1.22. The number of carbonyl (C=O) groups is 2. The molecular formula is C26H27NO3S. The van der Waals surface area contributed by atoms with E-state index in [0.29, 0.717) is 26.0 Å². The van der Waals surface area contributed by atoms with Crippen molar-refractivity contribution >= 4 is 38.7 Å². The minimum Gasteiger partial charge on any atom is -0.488 e. The zero-order valence-corrected chi connectivity index (χ0v) is 18.6. The zero-order valence-electron chi connectivity index (χ0n) is 17.8. The van der Waals surface area contributed by atoms with Gasteiger partial charge in [-0.15, -0.1) is 17.1 Å². The summed E-state index contributed by atoms with van der Waals surface area (Å²) in [5.41, 5.74) is 5.83. The molecule has 0 amide bonds. The fraction of sp³-hybridized carbons (Fsp3) is 0.269. The van der Waals surface area contributed by atoms with E-state index in [2.05, 4.69) is 30.5 Å². The molecule has 5 heteroatoms. The molecule has 3 aromatic rings. The largest absolute Gasteiger partial charge is 0.488 e. The maximum Gasteiger partial charge on any atom is 0.152 e.